The van der Waals surface area contributed by atoms with E-state index in [4.69, 9.17) is 4.74 Å². The summed E-state index contributed by atoms with van der Waals surface area (Å²) in [5.74, 6) is -0.0349. The predicted octanol–water partition coefficient (Wildman–Crippen LogP) is 4.17. The van der Waals surface area contributed by atoms with Crippen LogP contribution in [0, 0.1) is 5.82 Å². The highest BCUT2D eigenvalue weighted by Gasteiger charge is 2.04. The summed E-state index contributed by atoms with van der Waals surface area (Å²) in [5, 5.41) is 3.83. The van der Waals surface area contributed by atoms with Crippen molar-refractivity contribution in [2.45, 2.75) is 6.61 Å². The van der Waals surface area contributed by atoms with Gasteiger partial charge in [-0.2, -0.15) is 5.10 Å². The number of halogens is 1. The molecular formula is C21H17FN2O2. The zero-order valence-corrected chi connectivity index (χ0v) is 13.9. The summed E-state index contributed by atoms with van der Waals surface area (Å²) in [6, 6.07) is 22.6. The van der Waals surface area contributed by atoms with E-state index >= 15 is 0 Å². The van der Waals surface area contributed by atoms with Crippen molar-refractivity contribution in [3.63, 3.8) is 0 Å². The number of hydrogen-bond acceptors (Lipinski definition) is 3. The smallest absolute Gasteiger partial charge is 0.271 e. The Labute approximate surface area is 150 Å². The first-order valence-corrected chi connectivity index (χ1v) is 8.06. The van der Waals surface area contributed by atoms with Crippen LogP contribution in [0.4, 0.5) is 4.39 Å². The van der Waals surface area contributed by atoms with Gasteiger partial charge in [0.2, 0.25) is 0 Å². The fraction of sp³-hybridized carbons (Fsp3) is 0.0476. The minimum absolute atomic E-state index is 0.354. The molecule has 0 aromatic heterocycles. The molecule has 4 nitrogen and oxygen atoms in total. The Balaban J connectivity index is 1.53. The van der Waals surface area contributed by atoms with Gasteiger partial charge in [-0.15, -0.1) is 0 Å². The van der Waals surface area contributed by atoms with Crippen LogP contribution in [0.5, 0.6) is 5.75 Å². The summed E-state index contributed by atoms with van der Waals surface area (Å²) >= 11 is 0. The lowest BCUT2D eigenvalue weighted by molar-refractivity contribution is 0.0955. The van der Waals surface area contributed by atoms with E-state index in [9.17, 15) is 9.18 Å². The quantitative estimate of drug-likeness (QED) is 0.537. The number of rotatable bonds is 6. The van der Waals surface area contributed by atoms with Crippen molar-refractivity contribution in [2.24, 2.45) is 5.10 Å². The maximum Gasteiger partial charge on any atom is 0.271 e. The van der Waals surface area contributed by atoms with Gasteiger partial charge >= 0.3 is 0 Å². The summed E-state index contributed by atoms with van der Waals surface area (Å²) in [6.07, 6.45) is 1.39. The van der Waals surface area contributed by atoms with E-state index in [1.54, 1.807) is 36.4 Å². The van der Waals surface area contributed by atoms with Crippen LogP contribution in [0.15, 0.2) is 84.0 Å². The Bertz CT molecular complexity index is 893. The molecule has 130 valence electrons. The molecule has 0 unspecified atom stereocenters. The van der Waals surface area contributed by atoms with E-state index < -0.39 is 0 Å². The van der Waals surface area contributed by atoms with Crippen molar-refractivity contribution in [3.05, 3.63) is 101 Å². The van der Waals surface area contributed by atoms with Crippen LogP contribution in [-0.4, -0.2) is 12.1 Å². The molecular weight excluding hydrogens is 331 g/mol. The number of benzene rings is 3. The lowest BCUT2D eigenvalue weighted by atomic mass is 10.2. The van der Waals surface area contributed by atoms with Crippen molar-refractivity contribution >= 4 is 12.1 Å². The highest BCUT2D eigenvalue weighted by Crippen LogP contribution is 2.14. The first-order valence-electron chi connectivity index (χ1n) is 8.06. The Morgan fingerprint density at radius 3 is 2.50 bits per heavy atom. The molecule has 0 aliphatic rings. The van der Waals surface area contributed by atoms with Gasteiger partial charge in [0.15, 0.2) is 0 Å². The van der Waals surface area contributed by atoms with E-state index in [0.717, 1.165) is 5.56 Å². The zero-order valence-electron chi connectivity index (χ0n) is 13.9. The fourth-order valence-corrected chi connectivity index (χ4v) is 2.26. The van der Waals surface area contributed by atoms with Gasteiger partial charge < -0.3 is 4.74 Å². The molecule has 0 radical (unpaired) electrons. The van der Waals surface area contributed by atoms with Crippen molar-refractivity contribution in [1.29, 1.82) is 0 Å². The molecule has 0 atom stereocenters. The average Bonchev–Trinajstić information content (AvgIpc) is 2.67. The topological polar surface area (TPSA) is 50.7 Å². The second kappa shape index (κ2) is 8.58. The summed E-state index contributed by atoms with van der Waals surface area (Å²) in [6.45, 7) is 0.463. The standard InChI is InChI=1S/C21H17FN2O2/c22-19-8-4-7-17(13-19)14-23-24-21(25)18-9-11-20(12-10-18)26-15-16-5-2-1-3-6-16/h1-14H,15H2,(H,24,25)/b23-14-. The first kappa shape index (κ1) is 17.4. The molecule has 0 saturated heterocycles. The van der Waals surface area contributed by atoms with Crippen LogP contribution in [-0.2, 0) is 6.61 Å². The third-order valence-corrected chi connectivity index (χ3v) is 3.59. The molecule has 26 heavy (non-hydrogen) atoms. The third kappa shape index (κ3) is 5.01. The van der Waals surface area contributed by atoms with E-state index in [0.29, 0.717) is 23.5 Å². The largest absolute Gasteiger partial charge is 0.489 e. The summed E-state index contributed by atoms with van der Waals surface area (Å²) in [5.41, 5.74) is 4.50. The van der Waals surface area contributed by atoms with Crippen LogP contribution in [0.3, 0.4) is 0 Å². The van der Waals surface area contributed by atoms with Crippen LogP contribution in [0.2, 0.25) is 0 Å². The van der Waals surface area contributed by atoms with Crippen molar-refractivity contribution < 1.29 is 13.9 Å². The molecule has 0 saturated carbocycles. The summed E-state index contributed by atoms with van der Waals surface area (Å²) in [4.78, 5) is 12.1. The zero-order chi connectivity index (χ0) is 18.2. The van der Waals surface area contributed by atoms with E-state index in [1.807, 2.05) is 30.3 Å². The molecule has 0 fully saturated rings. The number of carbonyl (C=O) groups is 1. The summed E-state index contributed by atoms with van der Waals surface area (Å²) < 4.78 is 18.7. The predicted molar refractivity (Wildman–Crippen MR) is 98.7 cm³/mol. The number of hydrogen-bond donors (Lipinski definition) is 1. The minimum atomic E-state index is -0.355. The van der Waals surface area contributed by atoms with Gasteiger partial charge in [0, 0.05) is 5.56 Å². The fourth-order valence-electron chi connectivity index (χ4n) is 2.26. The van der Waals surface area contributed by atoms with Crippen LogP contribution in [0.1, 0.15) is 21.5 Å². The number of amides is 1. The molecule has 0 spiro atoms. The average molecular weight is 348 g/mol. The number of hydrazone groups is 1. The van der Waals surface area contributed by atoms with Gasteiger partial charge in [0.1, 0.15) is 18.2 Å². The van der Waals surface area contributed by atoms with Gasteiger partial charge in [-0.1, -0.05) is 42.5 Å². The molecule has 1 N–H and O–H groups in total. The molecule has 1 amide bonds. The molecule has 0 aliphatic carbocycles. The number of nitrogens with one attached hydrogen (secondary N) is 1. The molecule has 0 heterocycles. The third-order valence-electron chi connectivity index (χ3n) is 3.59. The SMILES string of the molecule is O=C(N/N=C\c1cccc(F)c1)c1ccc(OCc2ccccc2)cc1. The van der Waals surface area contributed by atoms with E-state index in [-0.39, 0.29) is 11.7 Å². The Morgan fingerprint density at radius 2 is 1.77 bits per heavy atom. The highest BCUT2D eigenvalue weighted by molar-refractivity contribution is 5.94. The Hall–Kier alpha value is -3.47. The van der Waals surface area contributed by atoms with E-state index in [1.165, 1.54) is 18.3 Å². The lowest BCUT2D eigenvalue weighted by Crippen LogP contribution is -2.17. The molecule has 0 aliphatic heterocycles. The second-order valence-corrected chi connectivity index (χ2v) is 5.55. The molecule has 5 heteroatoms. The van der Waals surface area contributed by atoms with Crippen molar-refractivity contribution in [3.8, 4) is 5.75 Å². The van der Waals surface area contributed by atoms with Gasteiger partial charge in [0.05, 0.1) is 6.21 Å². The maximum atomic E-state index is 13.1. The highest BCUT2D eigenvalue weighted by atomic mass is 19.1. The Kier molecular flexibility index (Phi) is 5.72. The van der Waals surface area contributed by atoms with Crippen LogP contribution >= 0.6 is 0 Å². The lowest BCUT2D eigenvalue weighted by Gasteiger charge is -2.07. The molecule has 3 rings (SSSR count). The number of nitrogens with zero attached hydrogens (tertiary/aromatic N) is 1. The number of ether oxygens (including phenoxy) is 1. The Morgan fingerprint density at radius 1 is 1.00 bits per heavy atom. The normalized spacial score (nSPS) is 10.7. The minimum Gasteiger partial charge on any atom is -0.489 e. The maximum absolute atomic E-state index is 13.1. The van der Waals surface area contributed by atoms with Gasteiger partial charge in [-0.25, -0.2) is 9.82 Å². The van der Waals surface area contributed by atoms with Crippen molar-refractivity contribution in [1.82, 2.24) is 5.43 Å². The van der Waals surface area contributed by atoms with Gasteiger partial charge in [-0.05, 0) is 47.5 Å². The van der Waals surface area contributed by atoms with Gasteiger partial charge in [-0.3, -0.25) is 4.79 Å². The van der Waals surface area contributed by atoms with Gasteiger partial charge in [0.25, 0.3) is 5.91 Å². The number of carbonyl (C=O) groups excluding carboxylic acids is 1. The van der Waals surface area contributed by atoms with Crippen molar-refractivity contribution in [2.75, 3.05) is 0 Å². The van der Waals surface area contributed by atoms with E-state index in [2.05, 4.69) is 10.5 Å². The monoisotopic (exact) mass is 348 g/mol. The molecule has 3 aromatic rings. The summed E-state index contributed by atoms with van der Waals surface area (Å²) in [7, 11) is 0. The second-order valence-electron chi connectivity index (χ2n) is 5.55. The molecule has 0 bridgehead atoms. The van der Waals surface area contributed by atoms with Crippen LogP contribution < -0.4 is 10.2 Å². The van der Waals surface area contributed by atoms with Crippen LogP contribution in [0.25, 0.3) is 0 Å². The molecule has 3 aromatic carbocycles. The first-order chi connectivity index (χ1) is 12.7.